The Morgan fingerprint density at radius 2 is 2.05 bits per heavy atom. The summed E-state index contributed by atoms with van der Waals surface area (Å²) in [5.41, 5.74) is -0.418. The summed E-state index contributed by atoms with van der Waals surface area (Å²) in [4.78, 5) is 34.4. The second kappa shape index (κ2) is 7.22. The molecule has 0 bridgehead atoms. The Hall–Kier alpha value is -2.64. The van der Waals surface area contributed by atoms with Gasteiger partial charge in [-0.1, -0.05) is 0 Å². The predicted molar refractivity (Wildman–Crippen MR) is 76.6 cm³/mol. The summed E-state index contributed by atoms with van der Waals surface area (Å²) in [6, 6.07) is 3.79. The summed E-state index contributed by atoms with van der Waals surface area (Å²) in [5.74, 6) is -1.58. The number of amides is 1. The molecular formula is C13H17N3O5. The molecule has 1 rings (SSSR count). The minimum absolute atomic E-state index is 0.0568. The number of aromatic carboxylic acids is 1. The van der Waals surface area contributed by atoms with E-state index in [0.29, 0.717) is 18.8 Å². The van der Waals surface area contributed by atoms with Crippen LogP contribution in [0, 0.1) is 10.1 Å². The highest BCUT2D eigenvalue weighted by Gasteiger charge is 2.21. The number of rotatable bonds is 7. The second-order valence-electron chi connectivity index (χ2n) is 4.23. The van der Waals surface area contributed by atoms with E-state index in [1.54, 1.807) is 18.7 Å². The Morgan fingerprint density at radius 3 is 2.52 bits per heavy atom. The molecule has 0 aliphatic heterocycles. The first-order valence-corrected chi connectivity index (χ1v) is 6.44. The van der Waals surface area contributed by atoms with E-state index in [-0.39, 0.29) is 12.5 Å². The van der Waals surface area contributed by atoms with Crippen molar-refractivity contribution in [1.82, 2.24) is 5.32 Å². The van der Waals surface area contributed by atoms with Crippen molar-refractivity contribution in [1.29, 1.82) is 0 Å². The molecule has 1 aromatic rings. The standard InChI is InChI=1S/C13H17N3O5/c1-3-14-12(17)8-15(4-2)9-5-6-11(16(20)21)10(7-9)13(18)19/h5-7H,3-4,8H2,1-2H3,(H,14,17)(H,18,19). The molecule has 0 aliphatic carbocycles. The number of benzene rings is 1. The summed E-state index contributed by atoms with van der Waals surface area (Å²) in [7, 11) is 0. The number of carboxylic acids is 1. The quantitative estimate of drug-likeness (QED) is 0.578. The number of carboxylic acid groups (broad SMARTS) is 1. The molecule has 0 atom stereocenters. The average Bonchev–Trinajstić information content (AvgIpc) is 2.44. The summed E-state index contributed by atoms with van der Waals surface area (Å²) in [6.45, 7) is 4.62. The molecule has 0 radical (unpaired) electrons. The maximum absolute atomic E-state index is 11.6. The normalized spacial score (nSPS) is 10.0. The van der Waals surface area contributed by atoms with Crippen molar-refractivity contribution in [2.45, 2.75) is 13.8 Å². The number of anilines is 1. The molecule has 0 aliphatic rings. The zero-order valence-corrected chi connectivity index (χ0v) is 11.8. The number of nitro groups is 1. The predicted octanol–water partition coefficient (Wildman–Crippen LogP) is 1.26. The SMILES string of the molecule is CCNC(=O)CN(CC)c1ccc([N+](=O)[O-])c(C(=O)O)c1. The number of carbonyl (C=O) groups is 2. The number of nitrogens with zero attached hydrogens (tertiary/aromatic N) is 2. The first-order chi connectivity index (χ1) is 9.90. The van der Waals surface area contributed by atoms with Gasteiger partial charge in [0, 0.05) is 24.8 Å². The van der Waals surface area contributed by atoms with Crippen LogP contribution in [0.1, 0.15) is 24.2 Å². The Kier molecular flexibility index (Phi) is 5.65. The van der Waals surface area contributed by atoms with Crippen molar-refractivity contribution in [2.24, 2.45) is 0 Å². The topological polar surface area (TPSA) is 113 Å². The molecule has 0 saturated carbocycles. The van der Waals surface area contributed by atoms with Crippen LogP contribution in [0.2, 0.25) is 0 Å². The first-order valence-electron chi connectivity index (χ1n) is 6.44. The summed E-state index contributed by atoms with van der Waals surface area (Å²) < 4.78 is 0. The van der Waals surface area contributed by atoms with Gasteiger partial charge in [-0.15, -0.1) is 0 Å². The lowest BCUT2D eigenvalue weighted by atomic mass is 10.1. The Morgan fingerprint density at radius 1 is 1.38 bits per heavy atom. The fourth-order valence-corrected chi connectivity index (χ4v) is 1.86. The maximum Gasteiger partial charge on any atom is 0.342 e. The Balaban J connectivity index is 3.11. The van der Waals surface area contributed by atoms with Crippen LogP contribution in [-0.2, 0) is 4.79 Å². The third kappa shape index (κ3) is 4.16. The van der Waals surface area contributed by atoms with Gasteiger partial charge >= 0.3 is 5.97 Å². The van der Waals surface area contributed by atoms with E-state index < -0.39 is 22.1 Å². The number of hydrogen-bond acceptors (Lipinski definition) is 5. The van der Waals surface area contributed by atoms with Crippen molar-refractivity contribution in [3.05, 3.63) is 33.9 Å². The third-order valence-corrected chi connectivity index (χ3v) is 2.86. The highest BCUT2D eigenvalue weighted by molar-refractivity contribution is 5.94. The summed E-state index contributed by atoms with van der Waals surface area (Å²) >= 11 is 0. The number of likely N-dealkylation sites (N-methyl/N-ethyl adjacent to an activating group) is 2. The molecular weight excluding hydrogens is 278 g/mol. The van der Waals surface area contributed by atoms with Gasteiger partial charge in [0.05, 0.1) is 11.5 Å². The first kappa shape index (κ1) is 16.4. The molecule has 0 fully saturated rings. The van der Waals surface area contributed by atoms with Crippen LogP contribution in [0.4, 0.5) is 11.4 Å². The molecule has 0 unspecified atom stereocenters. The number of nitro benzene ring substituents is 1. The van der Waals surface area contributed by atoms with Crippen LogP contribution in [0.25, 0.3) is 0 Å². The highest BCUT2D eigenvalue weighted by Crippen LogP contribution is 2.25. The molecule has 1 amide bonds. The number of carbonyl (C=O) groups excluding carboxylic acids is 1. The average molecular weight is 295 g/mol. The van der Waals surface area contributed by atoms with Crippen LogP contribution in [0.5, 0.6) is 0 Å². The molecule has 0 spiro atoms. The van der Waals surface area contributed by atoms with E-state index in [0.717, 1.165) is 6.07 Å². The second-order valence-corrected chi connectivity index (χ2v) is 4.23. The summed E-state index contributed by atoms with van der Waals surface area (Å²) in [6.07, 6.45) is 0. The molecule has 0 saturated heterocycles. The zero-order valence-electron chi connectivity index (χ0n) is 11.8. The number of hydrogen-bond donors (Lipinski definition) is 2. The smallest absolute Gasteiger partial charge is 0.342 e. The molecule has 8 heteroatoms. The van der Waals surface area contributed by atoms with Crippen LogP contribution >= 0.6 is 0 Å². The Bertz CT molecular complexity index is 559. The lowest BCUT2D eigenvalue weighted by Gasteiger charge is -2.22. The fraction of sp³-hybridized carbons (Fsp3) is 0.385. The van der Waals surface area contributed by atoms with Crippen LogP contribution in [0.3, 0.4) is 0 Å². The minimum Gasteiger partial charge on any atom is -0.477 e. The van der Waals surface area contributed by atoms with Crippen molar-refractivity contribution < 1.29 is 19.6 Å². The van der Waals surface area contributed by atoms with Gasteiger partial charge in [0.25, 0.3) is 5.69 Å². The minimum atomic E-state index is -1.38. The largest absolute Gasteiger partial charge is 0.477 e. The number of nitrogens with one attached hydrogen (secondary N) is 1. The van der Waals surface area contributed by atoms with Crippen molar-refractivity contribution in [3.63, 3.8) is 0 Å². The monoisotopic (exact) mass is 295 g/mol. The van der Waals surface area contributed by atoms with Gasteiger partial charge < -0.3 is 15.3 Å². The third-order valence-electron chi connectivity index (χ3n) is 2.86. The van der Waals surface area contributed by atoms with Gasteiger partial charge in [-0.05, 0) is 26.0 Å². The lowest BCUT2D eigenvalue weighted by Crippen LogP contribution is -2.37. The molecule has 8 nitrogen and oxygen atoms in total. The Labute approximate surface area is 121 Å². The van der Waals surface area contributed by atoms with Gasteiger partial charge in [-0.3, -0.25) is 14.9 Å². The maximum atomic E-state index is 11.6. The van der Waals surface area contributed by atoms with E-state index >= 15 is 0 Å². The van der Waals surface area contributed by atoms with Gasteiger partial charge in [0.2, 0.25) is 5.91 Å². The fourth-order valence-electron chi connectivity index (χ4n) is 1.86. The van der Waals surface area contributed by atoms with Crippen LogP contribution in [0.15, 0.2) is 18.2 Å². The molecule has 0 heterocycles. The molecule has 0 aromatic heterocycles. The van der Waals surface area contributed by atoms with Gasteiger partial charge in [0.1, 0.15) is 5.56 Å². The van der Waals surface area contributed by atoms with Gasteiger partial charge in [0.15, 0.2) is 0 Å². The molecule has 2 N–H and O–H groups in total. The highest BCUT2D eigenvalue weighted by atomic mass is 16.6. The van der Waals surface area contributed by atoms with E-state index in [1.807, 2.05) is 0 Å². The van der Waals surface area contributed by atoms with Crippen LogP contribution in [-0.4, -0.2) is 41.5 Å². The summed E-state index contributed by atoms with van der Waals surface area (Å²) in [5, 5.41) is 22.5. The van der Waals surface area contributed by atoms with E-state index in [2.05, 4.69) is 5.32 Å². The molecule has 114 valence electrons. The van der Waals surface area contributed by atoms with E-state index in [1.165, 1.54) is 12.1 Å². The van der Waals surface area contributed by atoms with Crippen molar-refractivity contribution in [2.75, 3.05) is 24.5 Å². The van der Waals surface area contributed by atoms with E-state index in [4.69, 9.17) is 5.11 Å². The van der Waals surface area contributed by atoms with Gasteiger partial charge in [-0.2, -0.15) is 0 Å². The van der Waals surface area contributed by atoms with E-state index in [9.17, 15) is 19.7 Å². The van der Waals surface area contributed by atoms with Crippen molar-refractivity contribution >= 4 is 23.3 Å². The van der Waals surface area contributed by atoms with Crippen molar-refractivity contribution in [3.8, 4) is 0 Å². The molecule has 21 heavy (non-hydrogen) atoms. The zero-order chi connectivity index (χ0) is 16.0. The lowest BCUT2D eigenvalue weighted by molar-refractivity contribution is -0.385. The van der Waals surface area contributed by atoms with Crippen LogP contribution < -0.4 is 10.2 Å². The molecule has 1 aromatic carbocycles. The van der Waals surface area contributed by atoms with Gasteiger partial charge in [-0.25, -0.2) is 4.79 Å².